The average molecular weight is 610 g/mol. The summed E-state index contributed by atoms with van der Waals surface area (Å²) in [5.74, 6) is -3.89. The molecule has 12 heteroatoms. The number of carbonyl (C=O) groups excluding carboxylic acids is 7. The molecule has 0 unspecified atom stereocenters. The van der Waals surface area contributed by atoms with Crippen LogP contribution in [0.4, 0.5) is 5.69 Å². The molecule has 0 saturated heterocycles. The number of fused-ring (bicyclic) bond motifs is 2. The van der Waals surface area contributed by atoms with Crippen molar-refractivity contribution < 1.29 is 43.0 Å². The van der Waals surface area contributed by atoms with Gasteiger partial charge in [0, 0.05) is 29.7 Å². The lowest BCUT2D eigenvalue weighted by atomic mass is 9.96. The summed E-state index contributed by atoms with van der Waals surface area (Å²) < 4.78 is -0.138. The van der Waals surface area contributed by atoms with E-state index in [0.29, 0.717) is 25.1 Å². The fraction of sp³-hybridized carbons (Fsp3) is 0.182. The number of imide groups is 2. The van der Waals surface area contributed by atoms with Crippen LogP contribution in [0, 0.1) is 0 Å². The van der Waals surface area contributed by atoms with E-state index in [0.717, 1.165) is 4.90 Å². The second-order valence-corrected chi connectivity index (χ2v) is 11.2. The van der Waals surface area contributed by atoms with E-state index < -0.39 is 35.4 Å². The van der Waals surface area contributed by atoms with Crippen molar-refractivity contribution in [1.29, 1.82) is 0 Å². The van der Waals surface area contributed by atoms with Gasteiger partial charge in [0.15, 0.2) is 5.78 Å². The van der Waals surface area contributed by atoms with Gasteiger partial charge in [0.25, 0.3) is 22.5 Å². The highest BCUT2D eigenvalue weighted by atomic mass is 16.7. The van der Waals surface area contributed by atoms with E-state index in [1.807, 2.05) is 0 Å². The number of anilines is 1. The average Bonchev–Trinajstić information content (AvgIpc) is 3.44. The predicted octanol–water partition coefficient (Wildman–Crippen LogP) is 2.83. The first-order chi connectivity index (χ1) is 21.3. The molecule has 0 atom stereocenters. The first-order valence-electron chi connectivity index (χ1n) is 14.0. The standard InChI is InChI=1S/C33H28N4O8/c1-18(2)28(39)34-13-6-14-37(3,4)45-33(44)21-7-5-8-22(15-21)36-31(42)24-12-10-20(17-26(24)32(36)43)27(38)19-9-11-23-25(16-19)30(41)35-29(23)40/h5,7-12,15-17H,1,6,13-14H2,2-4H3,(H-,34,35,39,40,41)/q+1/p+1. The second kappa shape index (κ2) is 11.7. The van der Waals surface area contributed by atoms with Crippen molar-refractivity contribution in [2.75, 3.05) is 32.1 Å². The number of hydrogen-bond donors (Lipinski definition) is 2. The maximum Gasteiger partial charge on any atom is 0.587 e. The number of hydrogen-bond acceptors (Lipinski definition) is 8. The number of rotatable bonds is 10. The lowest BCUT2D eigenvalue weighted by Crippen LogP contribution is -2.43. The Bertz CT molecular complexity index is 1860. The molecule has 2 heterocycles. The number of ketones is 1. The van der Waals surface area contributed by atoms with E-state index in [1.54, 1.807) is 21.0 Å². The predicted molar refractivity (Wildman–Crippen MR) is 161 cm³/mol. The maximum atomic E-state index is 13.4. The van der Waals surface area contributed by atoms with Crippen LogP contribution in [-0.4, -0.2) is 73.1 Å². The Morgan fingerprint density at radius 2 is 1.53 bits per heavy atom. The molecule has 0 bridgehead atoms. The first-order valence-corrected chi connectivity index (χ1v) is 14.0. The molecule has 2 aliphatic heterocycles. The summed E-state index contributed by atoms with van der Waals surface area (Å²) in [6.45, 7) is 5.97. The van der Waals surface area contributed by atoms with Crippen molar-refractivity contribution >= 4 is 47.0 Å². The fourth-order valence-electron chi connectivity index (χ4n) is 5.00. The topological polar surface area (TPSA) is 159 Å². The van der Waals surface area contributed by atoms with Crippen LogP contribution in [0.25, 0.3) is 0 Å². The van der Waals surface area contributed by atoms with Gasteiger partial charge in [0.1, 0.15) is 26.2 Å². The molecule has 1 radical (unpaired) electrons. The molecule has 0 aliphatic carbocycles. The van der Waals surface area contributed by atoms with Crippen LogP contribution in [0.3, 0.4) is 0 Å². The first kappa shape index (κ1) is 30.7. The maximum absolute atomic E-state index is 13.4. The summed E-state index contributed by atoms with van der Waals surface area (Å²) in [6, 6.07) is 14.1. The van der Waals surface area contributed by atoms with Gasteiger partial charge in [0.05, 0.1) is 27.9 Å². The Hall–Kier alpha value is -5.75. The van der Waals surface area contributed by atoms with Crippen LogP contribution in [0.15, 0.2) is 72.8 Å². The minimum atomic E-state index is -0.679. The lowest BCUT2D eigenvalue weighted by Gasteiger charge is -2.26. The molecule has 0 saturated carbocycles. The number of nitrogens with one attached hydrogen (secondary N) is 2. The highest BCUT2D eigenvalue weighted by Gasteiger charge is 2.47. The van der Waals surface area contributed by atoms with Crippen LogP contribution in [0.2, 0.25) is 0 Å². The van der Waals surface area contributed by atoms with Crippen molar-refractivity contribution in [3.8, 4) is 0 Å². The van der Waals surface area contributed by atoms with Gasteiger partial charge in [-0.15, -0.1) is 4.65 Å². The monoisotopic (exact) mass is 609 g/mol. The molecule has 12 nitrogen and oxygen atoms in total. The number of carbonyl (C=O) groups is 7. The van der Waals surface area contributed by atoms with Gasteiger partial charge in [-0.3, -0.25) is 34.1 Å². The quantitative estimate of drug-likeness (QED) is 0.0676. The fourth-order valence-corrected chi connectivity index (χ4v) is 5.00. The molecule has 2 aliphatic rings. The zero-order valence-corrected chi connectivity index (χ0v) is 24.8. The Balaban J connectivity index is 1.30. The number of nitrogens with zero attached hydrogens (tertiary/aromatic N) is 2. The largest absolute Gasteiger partial charge is 0.587 e. The van der Waals surface area contributed by atoms with Crippen molar-refractivity contribution in [2.45, 2.75) is 13.3 Å². The third kappa shape index (κ3) is 6.04. The van der Waals surface area contributed by atoms with Crippen LogP contribution < -0.4 is 15.5 Å². The van der Waals surface area contributed by atoms with E-state index in [-0.39, 0.29) is 55.2 Å². The Morgan fingerprint density at radius 1 is 0.889 bits per heavy atom. The van der Waals surface area contributed by atoms with Crippen LogP contribution in [0.5, 0.6) is 0 Å². The molecule has 3 aromatic carbocycles. The van der Waals surface area contributed by atoms with Crippen molar-refractivity contribution in [3.63, 3.8) is 0 Å². The molecular weight excluding hydrogens is 580 g/mol. The van der Waals surface area contributed by atoms with E-state index in [1.165, 1.54) is 60.7 Å². The Morgan fingerprint density at radius 3 is 2.22 bits per heavy atom. The van der Waals surface area contributed by atoms with Crippen molar-refractivity contribution in [1.82, 2.24) is 10.6 Å². The van der Waals surface area contributed by atoms with E-state index in [4.69, 9.17) is 4.84 Å². The van der Waals surface area contributed by atoms with Crippen molar-refractivity contribution in [2.24, 2.45) is 0 Å². The van der Waals surface area contributed by atoms with Gasteiger partial charge in [-0.05, 0) is 55.5 Å². The van der Waals surface area contributed by atoms with Gasteiger partial charge < -0.3 is 5.32 Å². The van der Waals surface area contributed by atoms with E-state index in [9.17, 15) is 33.6 Å². The molecule has 2 N–H and O–H groups in total. The van der Waals surface area contributed by atoms with Gasteiger partial charge in [-0.25, -0.2) is 4.79 Å². The van der Waals surface area contributed by atoms with Gasteiger partial charge in [-0.2, -0.15) is 4.90 Å². The molecule has 5 rings (SSSR count). The zero-order chi connectivity index (χ0) is 32.6. The number of quaternary nitrogens is 1. The van der Waals surface area contributed by atoms with Crippen LogP contribution in [0.1, 0.15) is 81.1 Å². The summed E-state index contributed by atoms with van der Waals surface area (Å²) in [4.78, 5) is 95.1. The summed E-state index contributed by atoms with van der Waals surface area (Å²) in [6.07, 6.45) is 0.528. The molecule has 45 heavy (non-hydrogen) atoms. The summed E-state index contributed by atoms with van der Waals surface area (Å²) >= 11 is 0. The molecule has 3 aromatic rings. The van der Waals surface area contributed by atoms with Crippen molar-refractivity contribution in [3.05, 3.63) is 112 Å². The summed E-state index contributed by atoms with van der Waals surface area (Å²) in [7, 11) is 3.37. The second-order valence-electron chi connectivity index (χ2n) is 11.2. The van der Waals surface area contributed by atoms with Gasteiger partial charge in [0.2, 0.25) is 5.91 Å². The van der Waals surface area contributed by atoms with Crippen LogP contribution in [-0.2, 0) is 9.63 Å². The number of amides is 5. The minimum absolute atomic E-state index is 0.00412. The molecule has 5 amide bonds. The van der Waals surface area contributed by atoms with Crippen LogP contribution >= 0.6 is 0 Å². The molecule has 227 valence electrons. The highest BCUT2D eigenvalue weighted by molar-refractivity contribution is 6.35. The lowest BCUT2D eigenvalue weighted by molar-refractivity contribution is -1.06. The highest BCUT2D eigenvalue weighted by Crippen LogP contribution is 2.31. The molecule has 0 aromatic heterocycles. The van der Waals surface area contributed by atoms with E-state index >= 15 is 0 Å². The number of hydroxylamine groups is 3. The SMILES string of the molecule is C=C(C)C(=O)NCCC[N+](C)(C)OC(=O)c1cccc(N2C(=O)c3cc(C(=O)c4ccc5c(c4)C(=O)NC5=O)ccc3C2=[O+])c1. The third-order valence-corrected chi connectivity index (χ3v) is 7.36. The zero-order valence-electron chi connectivity index (χ0n) is 24.8. The Kier molecular flexibility index (Phi) is 8.01. The molecular formula is C33H29N4O8+2. The van der Waals surface area contributed by atoms with Gasteiger partial charge >= 0.3 is 11.9 Å². The summed E-state index contributed by atoms with van der Waals surface area (Å²) in [5, 5.41) is 4.89. The Labute approximate surface area is 257 Å². The molecule has 0 spiro atoms. The molecule has 0 fully saturated rings. The smallest absolute Gasteiger partial charge is 0.352 e. The minimum Gasteiger partial charge on any atom is -0.352 e. The van der Waals surface area contributed by atoms with E-state index in [2.05, 4.69) is 17.2 Å². The third-order valence-electron chi connectivity index (χ3n) is 7.36. The van der Waals surface area contributed by atoms with Gasteiger partial charge in [-0.1, -0.05) is 18.7 Å². The summed E-state index contributed by atoms with van der Waals surface area (Å²) in [5.41, 5.74) is 1.23. The number of benzene rings is 3. The normalized spacial score (nSPS) is 13.7.